The second-order valence-electron chi connectivity index (χ2n) is 3.11. The van der Waals surface area contributed by atoms with Crippen LogP contribution in [0, 0.1) is 6.92 Å². The summed E-state index contributed by atoms with van der Waals surface area (Å²) in [5.74, 6) is -0.559. The summed E-state index contributed by atoms with van der Waals surface area (Å²) < 4.78 is 38.4. The summed E-state index contributed by atoms with van der Waals surface area (Å²) in [4.78, 5) is 10.7. The van der Waals surface area contributed by atoms with Crippen LogP contribution in [0.3, 0.4) is 0 Å². The van der Waals surface area contributed by atoms with Gasteiger partial charge in [0.25, 0.3) is 0 Å². The molecular formula is C8H10F3N3O. The van der Waals surface area contributed by atoms with Gasteiger partial charge in [-0.05, 0) is 6.92 Å². The molecule has 0 spiro atoms. The van der Waals surface area contributed by atoms with Crippen LogP contribution in [0.25, 0.3) is 0 Å². The molecule has 84 valence electrons. The number of nitrogens with zero attached hydrogens (tertiary/aromatic N) is 2. The number of halogens is 3. The lowest BCUT2D eigenvalue weighted by molar-refractivity contribution is -0.143. The SMILES string of the molecule is CC(=O)Nc1c(C)nn(C)c1C(F)(F)F. The van der Waals surface area contributed by atoms with E-state index in [1.54, 1.807) is 0 Å². The van der Waals surface area contributed by atoms with Crippen molar-refractivity contribution in [1.29, 1.82) is 0 Å². The number of aryl methyl sites for hydroxylation is 2. The maximum Gasteiger partial charge on any atom is 0.435 e. The zero-order valence-electron chi connectivity index (χ0n) is 8.44. The second-order valence-corrected chi connectivity index (χ2v) is 3.11. The molecule has 0 aliphatic heterocycles. The Morgan fingerprint density at radius 1 is 1.47 bits per heavy atom. The Morgan fingerprint density at radius 3 is 2.40 bits per heavy atom. The number of amides is 1. The van der Waals surface area contributed by atoms with E-state index in [9.17, 15) is 18.0 Å². The van der Waals surface area contributed by atoms with Crippen LogP contribution in [0.5, 0.6) is 0 Å². The minimum absolute atomic E-state index is 0.139. The largest absolute Gasteiger partial charge is 0.435 e. The Kier molecular flexibility index (Phi) is 2.74. The summed E-state index contributed by atoms with van der Waals surface area (Å²) in [6.45, 7) is 2.55. The Labute approximate surface area is 84.1 Å². The van der Waals surface area contributed by atoms with Gasteiger partial charge < -0.3 is 5.32 Å². The highest BCUT2D eigenvalue weighted by Gasteiger charge is 2.38. The van der Waals surface area contributed by atoms with E-state index in [-0.39, 0.29) is 11.4 Å². The fourth-order valence-electron chi connectivity index (χ4n) is 1.31. The molecule has 0 aliphatic carbocycles. The van der Waals surface area contributed by atoms with Crippen LogP contribution in [0.2, 0.25) is 0 Å². The van der Waals surface area contributed by atoms with Gasteiger partial charge in [-0.15, -0.1) is 0 Å². The smallest absolute Gasteiger partial charge is 0.323 e. The van der Waals surface area contributed by atoms with Crippen LogP contribution in [-0.4, -0.2) is 15.7 Å². The molecule has 1 rings (SSSR count). The summed E-state index contributed by atoms with van der Waals surface area (Å²) in [7, 11) is 1.18. The predicted molar refractivity (Wildman–Crippen MR) is 47.3 cm³/mol. The van der Waals surface area contributed by atoms with Crippen molar-refractivity contribution in [3.8, 4) is 0 Å². The third kappa shape index (κ3) is 2.28. The van der Waals surface area contributed by atoms with E-state index in [1.807, 2.05) is 0 Å². The molecule has 1 heterocycles. The molecule has 0 radical (unpaired) electrons. The number of rotatable bonds is 1. The van der Waals surface area contributed by atoms with Gasteiger partial charge in [0, 0.05) is 14.0 Å². The third-order valence-electron chi connectivity index (χ3n) is 1.79. The highest BCUT2D eigenvalue weighted by Crippen LogP contribution is 2.35. The lowest BCUT2D eigenvalue weighted by atomic mass is 10.3. The van der Waals surface area contributed by atoms with Gasteiger partial charge in [-0.2, -0.15) is 18.3 Å². The van der Waals surface area contributed by atoms with Gasteiger partial charge in [-0.1, -0.05) is 0 Å². The van der Waals surface area contributed by atoms with E-state index in [1.165, 1.54) is 14.0 Å². The summed E-state index contributed by atoms with van der Waals surface area (Å²) in [5, 5.41) is 5.74. The molecule has 0 atom stereocenters. The molecule has 1 N–H and O–H groups in total. The number of aromatic nitrogens is 2. The molecule has 0 fully saturated rings. The first-order chi connectivity index (χ1) is 6.73. The van der Waals surface area contributed by atoms with Crippen molar-refractivity contribution in [3.63, 3.8) is 0 Å². The zero-order valence-corrected chi connectivity index (χ0v) is 8.44. The number of alkyl halides is 3. The molecule has 1 aromatic rings. The Hall–Kier alpha value is -1.53. The number of anilines is 1. The fraction of sp³-hybridized carbons (Fsp3) is 0.500. The molecule has 15 heavy (non-hydrogen) atoms. The summed E-state index contributed by atoms with van der Waals surface area (Å²) in [6.07, 6.45) is -4.53. The van der Waals surface area contributed by atoms with Gasteiger partial charge in [0.1, 0.15) is 0 Å². The fourth-order valence-corrected chi connectivity index (χ4v) is 1.31. The quantitative estimate of drug-likeness (QED) is 0.784. The van der Waals surface area contributed by atoms with Crippen molar-refractivity contribution in [2.24, 2.45) is 7.05 Å². The molecule has 1 amide bonds. The summed E-state index contributed by atoms with van der Waals surface area (Å²) in [6, 6.07) is 0. The molecule has 0 saturated heterocycles. The highest BCUT2D eigenvalue weighted by molar-refractivity contribution is 5.90. The van der Waals surface area contributed by atoms with Gasteiger partial charge in [0.05, 0.1) is 11.4 Å². The van der Waals surface area contributed by atoms with Crippen molar-refractivity contribution >= 4 is 11.6 Å². The number of carbonyl (C=O) groups excluding carboxylic acids is 1. The number of nitrogens with one attached hydrogen (secondary N) is 1. The monoisotopic (exact) mass is 221 g/mol. The van der Waals surface area contributed by atoms with Gasteiger partial charge in [0.15, 0.2) is 5.69 Å². The van der Waals surface area contributed by atoms with Crippen LogP contribution in [0.1, 0.15) is 18.3 Å². The lowest BCUT2D eigenvalue weighted by Crippen LogP contribution is -2.16. The molecule has 4 nitrogen and oxygen atoms in total. The average molecular weight is 221 g/mol. The van der Waals surface area contributed by atoms with E-state index in [0.717, 1.165) is 6.92 Å². The summed E-state index contributed by atoms with van der Waals surface area (Å²) >= 11 is 0. The Morgan fingerprint density at radius 2 is 2.00 bits per heavy atom. The second kappa shape index (κ2) is 3.56. The first-order valence-electron chi connectivity index (χ1n) is 4.12. The molecule has 0 aromatic carbocycles. The van der Waals surface area contributed by atoms with E-state index in [0.29, 0.717) is 4.68 Å². The first kappa shape index (κ1) is 11.5. The third-order valence-corrected chi connectivity index (χ3v) is 1.79. The van der Waals surface area contributed by atoms with E-state index in [2.05, 4.69) is 10.4 Å². The van der Waals surface area contributed by atoms with Crippen LogP contribution in [0.15, 0.2) is 0 Å². The molecular weight excluding hydrogens is 211 g/mol. The molecule has 0 bridgehead atoms. The normalized spacial score (nSPS) is 11.6. The van der Waals surface area contributed by atoms with E-state index < -0.39 is 17.8 Å². The van der Waals surface area contributed by atoms with E-state index in [4.69, 9.17) is 0 Å². The van der Waals surface area contributed by atoms with Crippen LogP contribution in [0.4, 0.5) is 18.9 Å². The number of carbonyl (C=O) groups is 1. The Bertz CT molecular complexity index is 395. The van der Waals surface area contributed by atoms with Crippen molar-refractivity contribution in [1.82, 2.24) is 9.78 Å². The Balaban J connectivity index is 3.30. The lowest BCUT2D eigenvalue weighted by Gasteiger charge is -2.09. The van der Waals surface area contributed by atoms with Gasteiger partial charge in [-0.3, -0.25) is 9.48 Å². The summed E-state index contributed by atoms with van der Waals surface area (Å²) in [5.41, 5.74) is -1.09. The van der Waals surface area contributed by atoms with Crippen molar-refractivity contribution in [2.45, 2.75) is 20.0 Å². The molecule has 7 heteroatoms. The molecule has 1 aromatic heterocycles. The van der Waals surface area contributed by atoms with Crippen molar-refractivity contribution in [2.75, 3.05) is 5.32 Å². The zero-order chi connectivity index (χ0) is 11.8. The predicted octanol–water partition coefficient (Wildman–Crippen LogP) is 1.71. The average Bonchev–Trinajstić information content (AvgIpc) is 2.23. The van der Waals surface area contributed by atoms with Crippen LogP contribution >= 0.6 is 0 Å². The standard InChI is InChI=1S/C8H10F3N3O/c1-4-6(12-5(2)15)7(8(9,10)11)14(3)13-4/h1-3H3,(H,12,15). The van der Waals surface area contributed by atoms with E-state index >= 15 is 0 Å². The highest BCUT2D eigenvalue weighted by atomic mass is 19.4. The van der Waals surface area contributed by atoms with Crippen LogP contribution in [-0.2, 0) is 18.0 Å². The van der Waals surface area contributed by atoms with Crippen molar-refractivity contribution < 1.29 is 18.0 Å². The molecule has 0 saturated carbocycles. The van der Waals surface area contributed by atoms with Crippen LogP contribution < -0.4 is 5.32 Å². The van der Waals surface area contributed by atoms with Gasteiger partial charge in [0.2, 0.25) is 5.91 Å². The van der Waals surface area contributed by atoms with Gasteiger partial charge >= 0.3 is 6.18 Å². The maximum atomic E-state index is 12.6. The topological polar surface area (TPSA) is 46.9 Å². The first-order valence-corrected chi connectivity index (χ1v) is 4.12. The number of hydrogen-bond acceptors (Lipinski definition) is 2. The van der Waals surface area contributed by atoms with Gasteiger partial charge in [-0.25, -0.2) is 0 Å². The minimum atomic E-state index is -4.53. The molecule has 0 aliphatic rings. The molecule has 0 unspecified atom stereocenters. The minimum Gasteiger partial charge on any atom is -0.323 e. The maximum absolute atomic E-state index is 12.6. The van der Waals surface area contributed by atoms with Crippen molar-refractivity contribution in [3.05, 3.63) is 11.4 Å². The number of hydrogen-bond donors (Lipinski definition) is 1.